The van der Waals surface area contributed by atoms with Crippen molar-refractivity contribution in [3.63, 3.8) is 0 Å². The third-order valence-corrected chi connectivity index (χ3v) is 5.73. The smallest absolute Gasteiger partial charge is 0.316 e. The minimum atomic E-state index is -0.908. The summed E-state index contributed by atoms with van der Waals surface area (Å²) in [5, 5.41) is 11.5. The Morgan fingerprint density at radius 3 is 2.69 bits per heavy atom. The number of carbonyl (C=O) groups excluding carboxylic acids is 1. The Balaban J connectivity index is 1.81. The van der Waals surface area contributed by atoms with E-state index in [0.717, 1.165) is 34.2 Å². The number of aryl methyl sites for hydroxylation is 1. The molecule has 1 aliphatic heterocycles. The lowest BCUT2D eigenvalue weighted by molar-refractivity contribution is -0.136. The minimum absolute atomic E-state index is 0.216. The van der Waals surface area contributed by atoms with Gasteiger partial charge in [0.25, 0.3) is 5.91 Å². The van der Waals surface area contributed by atoms with E-state index < -0.39 is 11.2 Å². The molecule has 2 aromatic rings. The van der Waals surface area contributed by atoms with Crippen LogP contribution >= 0.6 is 11.8 Å². The molecule has 26 heavy (non-hydrogen) atoms. The number of benzene rings is 2. The first-order valence-corrected chi connectivity index (χ1v) is 9.28. The Morgan fingerprint density at radius 2 is 1.96 bits per heavy atom. The largest absolute Gasteiger partial charge is 0.490 e. The van der Waals surface area contributed by atoms with E-state index in [1.165, 1.54) is 0 Å². The van der Waals surface area contributed by atoms with Gasteiger partial charge in [0.05, 0.1) is 11.6 Å². The first-order valence-electron chi connectivity index (χ1n) is 8.40. The second-order valence-corrected chi connectivity index (χ2v) is 7.74. The van der Waals surface area contributed by atoms with Gasteiger partial charge >= 0.3 is 5.97 Å². The zero-order chi connectivity index (χ0) is 18.8. The number of ether oxygens (including phenoxy) is 1. The van der Waals surface area contributed by atoms with Gasteiger partial charge in [0.15, 0.2) is 0 Å². The highest BCUT2D eigenvalue weighted by molar-refractivity contribution is 8.00. The van der Waals surface area contributed by atoms with Crippen LogP contribution in [-0.2, 0) is 4.79 Å². The average molecular weight is 371 g/mol. The third-order valence-electron chi connectivity index (χ3n) is 4.57. The fourth-order valence-electron chi connectivity index (χ4n) is 2.89. The van der Waals surface area contributed by atoms with Crippen LogP contribution in [-0.4, -0.2) is 28.8 Å². The highest BCUT2D eigenvalue weighted by atomic mass is 32.2. The van der Waals surface area contributed by atoms with Crippen LogP contribution < -0.4 is 10.1 Å². The van der Waals surface area contributed by atoms with Crippen molar-refractivity contribution in [3.8, 4) is 5.75 Å². The summed E-state index contributed by atoms with van der Waals surface area (Å²) in [4.78, 5) is 24.6. The molecule has 1 aliphatic rings. The minimum Gasteiger partial charge on any atom is -0.490 e. The first-order chi connectivity index (χ1) is 12.4. The Bertz CT molecular complexity index is 865. The van der Waals surface area contributed by atoms with Gasteiger partial charge in [0, 0.05) is 10.5 Å². The predicted octanol–water partition coefficient (Wildman–Crippen LogP) is 3.73. The van der Waals surface area contributed by atoms with Gasteiger partial charge in [-0.25, -0.2) is 0 Å². The zero-order valence-corrected chi connectivity index (χ0v) is 15.7. The van der Waals surface area contributed by atoms with Gasteiger partial charge < -0.3 is 15.2 Å². The maximum absolute atomic E-state index is 12.8. The number of fused-ring (bicyclic) bond motifs is 1. The summed E-state index contributed by atoms with van der Waals surface area (Å²) in [6.07, 6.45) is 0. The maximum atomic E-state index is 12.8. The molecule has 2 unspecified atom stereocenters. The van der Waals surface area contributed by atoms with Gasteiger partial charge in [-0.15, -0.1) is 11.8 Å². The normalized spacial score (nSPS) is 16.5. The molecule has 0 saturated carbocycles. The molecule has 0 bridgehead atoms. The summed E-state index contributed by atoms with van der Waals surface area (Å²) >= 11 is 1.16. The van der Waals surface area contributed by atoms with Gasteiger partial charge in [-0.1, -0.05) is 24.3 Å². The van der Waals surface area contributed by atoms with Crippen LogP contribution in [0, 0.1) is 13.8 Å². The molecule has 0 radical (unpaired) electrons. The molecule has 1 amide bonds. The molecular weight excluding hydrogens is 350 g/mol. The lowest BCUT2D eigenvalue weighted by Gasteiger charge is -2.15. The number of aliphatic carboxylic acids is 1. The number of carboxylic acid groups (broad SMARTS) is 1. The van der Waals surface area contributed by atoms with Gasteiger partial charge in [-0.2, -0.15) is 0 Å². The Hall–Kier alpha value is -2.47. The van der Waals surface area contributed by atoms with Crippen LogP contribution in [0.25, 0.3) is 0 Å². The van der Waals surface area contributed by atoms with Crippen molar-refractivity contribution in [3.05, 3.63) is 58.7 Å². The second kappa shape index (κ2) is 7.41. The predicted molar refractivity (Wildman–Crippen MR) is 101 cm³/mol. The van der Waals surface area contributed by atoms with Gasteiger partial charge in [-0.3, -0.25) is 9.59 Å². The van der Waals surface area contributed by atoms with Crippen LogP contribution in [0.2, 0.25) is 0 Å². The number of hydrogen-bond acceptors (Lipinski definition) is 4. The van der Waals surface area contributed by atoms with Gasteiger partial charge in [0.1, 0.15) is 17.6 Å². The number of carbonyl (C=O) groups is 2. The molecule has 6 heteroatoms. The van der Waals surface area contributed by atoms with Crippen molar-refractivity contribution in [2.24, 2.45) is 0 Å². The van der Waals surface area contributed by atoms with E-state index in [2.05, 4.69) is 5.32 Å². The second-order valence-electron chi connectivity index (χ2n) is 6.36. The maximum Gasteiger partial charge on any atom is 0.316 e. The Labute approximate surface area is 156 Å². The van der Waals surface area contributed by atoms with Crippen molar-refractivity contribution in [1.82, 2.24) is 5.32 Å². The van der Waals surface area contributed by atoms with Crippen LogP contribution in [0.5, 0.6) is 5.75 Å². The molecule has 1 heterocycles. The van der Waals surface area contributed by atoms with Crippen LogP contribution in [0.1, 0.15) is 40.0 Å². The van der Waals surface area contributed by atoms with E-state index in [-0.39, 0.29) is 11.9 Å². The highest BCUT2D eigenvalue weighted by Crippen LogP contribution is 2.37. The van der Waals surface area contributed by atoms with Gasteiger partial charge in [-0.05, 0) is 44.0 Å². The van der Waals surface area contributed by atoms with Crippen molar-refractivity contribution < 1.29 is 19.4 Å². The molecule has 2 aromatic carbocycles. The Kier molecular flexibility index (Phi) is 5.23. The fourth-order valence-corrected chi connectivity index (χ4v) is 3.81. The number of amides is 1. The zero-order valence-electron chi connectivity index (χ0n) is 14.9. The lowest BCUT2D eigenvalue weighted by Crippen LogP contribution is -2.30. The third kappa shape index (κ3) is 3.55. The summed E-state index contributed by atoms with van der Waals surface area (Å²) in [6.45, 7) is 6.04. The van der Waals surface area contributed by atoms with Crippen LogP contribution in [0.3, 0.4) is 0 Å². The summed E-state index contributed by atoms with van der Waals surface area (Å²) in [6, 6.07) is 10.9. The van der Waals surface area contributed by atoms with Crippen LogP contribution in [0.4, 0.5) is 0 Å². The van der Waals surface area contributed by atoms with Crippen LogP contribution in [0.15, 0.2) is 41.3 Å². The number of thioether (sulfide) groups is 1. The first kappa shape index (κ1) is 18.3. The van der Waals surface area contributed by atoms with Crippen molar-refractivity contribution >= 4 is 23.6 Å². The molecule has 136 valence electrons. The quantitative estimate of drug-likeness (QED) is 0.783. The number of rotatable bonds is 5. The van der Waals surface area contributed by atoms with E-state index >= 15 is 0 Å². The average Bonchev–Trinajstić information content (AvgIpc) is 3.02. The molecular formula is C20H21NO4S. The Morgan fingerprint density at radius 1 is 1.23 bits per heavy atom. The van der Waals surface area contributed by atoms with Gasteiger partial charge in [0.2, 0.25) is 0 Å². The van der Waals surface area contributed by atoms with E-state index in [9.17, 15) is 9.59 Å². The van der Waals surface area contributed by atoms with Crippen molar-refractivity contribution in [2.45, 2.75) is 37.0 Å². The summed E-state index contributed by atoms with van der Waals surface area (Å²) in [5.74, 6) is -0.294. The topological polar surface area (TPSA) is 75.6 Å². The number of hydrogen-bond donors (Lipinski definition) is 2. The molecule has 2 atom stereocenters. The number of carboxylic acids is 1. The molecule has 0 spiro atoms. The molecule has 0 saturated heterocycles. The lowest BCUT2D eigenvalue weighted by atomic mass is 10.0. The summed E-state index contributed by atoms with van der Waals surface area (Å²) in [5.41, 5.74) is 3.69. The molecule has 0 aromatic heterocycles. The monoisotopic (exact) mass is 371 g/mol. The molecule has 0 fully saturated rings. The fraction of sp³-hybridized carbons (Fsp3) is 0.300. The molecule has 3 rings (SSSR count). The molecule has 0 aliphatic carbocycles. The summed E-state index contributed by atoms with van der Waals surface area (Å²) in [7, 11) is 0. The van der Waals surface area contributed by atoms with E-state index in [0.29, 0.717) is 17.1 Å². The molecule has 2 N–H and O–H groups in total. The SMILES string of the molecule is Cc1ccc2c(c1C)OCC2NC(=O)c1ccccc1SC(C)C(=O)O. The number of nitrogens with one attached hydrogen (secondary N) is 1. The highest BCUT2D eigenvalue weighted by Gasteiger charge is 2.28. The van der Waals surface area contributed by atoms with Crippen molar-refractivity contribution in [1.29, 1.82) is 0 Å². The van der Waals surface area contributed by atoms with E-state index in [1.54, 1.807) is 31.2 Å². The van der Waals surface area contributed by atoms with E-state index in [1.807, 2.05) is 26.0 Å². The summed E-state index contributed by atoms with van der Waals surface area (Å²) < 4.78 is 5.79. The molecule has 5 nitrogen and oxygen atoms in total. The van der Waals surface area contributed by atoms with Crippen molar-refractivity contribution in [2.75, 3.05) is 6.61 Å². The van der Waals surface area contributed by atoms with E-state index in [4.69, 9.17) is 9.84 Å². The standard InChI is InChI=1S/C20H21NO4S/c1-11-8-9-14-16(10-25-18(14)12(11)2)21-19(22)15-6-4-5-7-17(15)26-13(3)20(23)24/h4-9,13,16H,10H2,1-3H3,(H,21,22)(H,23,24).